The molecule has 0 amide bonds. The van der Waals surface area contributed by atoms with Crippen LogP contribution in [0.25, 0.3) is 10.6 Å². The van der Waals surface area contributed by atoms with E-state index in [1.54, 1.807) is 24.9 Å². The van der Waals surface area contributed by atoms with Gasteiger partial charge < -0.3 is 14.6 Å². The van der Waals surface area contributed by atoms with Crippen LogP contribution < -0.4 is 4.74 Å². The monoisotopic (exact) mass is 497 g/mol. The summed E-state index contributed by atoms with van der Waals surface area (Å²) in [6.07, 6.45) is -4.37. The van der Waals surface area contributed by atoms with Crippen molar-refractivity contribution >= 4 is 29.1 Å². The molecule has 10 heteroatoms. The number of rotatable bonds is 9. The zero-order chi connectivity index (χ0) is 24.2. The van der Waals surface area contributed by atoms with E-state index in [-0.39, 0.29) is 0 Å². The van der Waals surface area contributed by atoms with Gasteiger partial charge in [0.1, 0.15) is 10.8 Å². The van der Waals surface area contributed by atoms with E-state index in [0.29, 0.717) is 28.7 Å². The highest BCUT2D eigenvalue weighted by Gasteiger charge is 2.30. The normalized spacial score (nSPS) is 11.6. The molecule has 33 heavy (non-hydrogen) atoms. The molecule has 3 aromatic rings. The van der Waals surface area contributed by atoms with E-state index < -0.39 is 24.3 Å². The minimum atomic E-state index is -4.37. The fourth-order valence-corrected chi connectivity index (χ4v) is 5.37. The van der Waals surface area contributed by atoms with Crippen LogP contribution >= 0.6 is 23.1 Å². The number of aryl methyl sites for hydroxylation is 2. The smallest absolute Gasteiger partial charge is 0.416 e. The third-order valence-electron chi connectivity index (χ3n) is 4.72. The molecule has 0 unspecified atom stereocenters. The summed E-state index contributed by atoms with van der Waals surface area (Å²) in [4.78, 5) is 17.3. The Labute approximate surface area is 197 Å². The van der Waals surface area contributed by atoms with Crippen molar-refractivity contribution in [3.05, 3.63) is 63.7 Å². The first-order valence-electron chi connectivity index (χ1n) is 9.82. The van der Waals surface area contributed by atoms with E-state index in [0.717, 1.165) is 38.7 Å². The van der Waals surface area contributed by atoms with E-state index >= 15 is 0 Å². The molecule has 0 radical (unpaired) electrons. The summed E-state index contributed by atoms with van der Waals surface area (Å²) in [7, 11) is 1.58. The van der Waals surface area contributed by atoms with E-state index in [1.807, 2.05) is 19.9 Å². The molecule has 5 nitrogen and oxygen atoms in total. The van der Waals surface area contributed by atoms with Crippen LogP contribution in [0.3, 0.4) is 0 Å². The molecule has 0 atom stereocenters. The maximum absolute atomic E-state index is 12.8. The number of carboxylic acids is 1. The lowest BCUT2D eigenvalue weighted by Crippen LogP contribution is -2.10. The van der Waals surface area contributed by atoms with Gasteiger partial charge in [-0.1, -0.05) is 12.1 Å². The van der Waals surface area contributed by atoms with Gasteiger partial charge in [-0.25, -0.2) is 9.78 Å². The van der Waals surface area contributed by atoms with Crippen molar-refractivity contribution in [2.75, 3.05) is 13.7 Å². The summed E-state index contributed by atoms with van der Waals surface area (Å²) in [6.45, 7) is 3.64. The first-order valence-corrected chi connectivity index (χ1v) is 11.6. The molecule has 3 rings (SSSR count). The van der Waals surface area contributed by atoms with Crippen molar-refractivity contribution in [3.8, 4) is 16.3 Å². The van der Waals surface area contributed by atoms with Gasteiger partial charge in [-0.15, -0.1) is 23.1 Å². The minimum absolute atomic E-state index is 0.338. The van der Waals surface area contributed by atoms with Crippen LogP contribution in [0.1, 0.15) is 27.3 Å². The Hall–Kier alpha value is -2.56. The predicted octanol–water partition coefficient (Wildman–Crippen LogP) is 6.35. The Bertz CT molecular complexity index is 1130. The number of ether oxygens (including phenoxy) is 2. The fourth-order valence-electron chi connectivity index (χ4n) is 3.03. The van der Waals surface area contributed by atoms with Crippen molar-refractivity contribution < 1.29 is 32.5 Å². The van der Waals surface area contributed by atoms with E-state index in [1.165, 1.54) is 23.5 Å². The van der Waals surface area contributed by atoms with Crippen LogP contribution in [0.4, 0.5) is 13.2 Å². The molecule has 1 aromatic heterocycles. The summed E-state index contributed by atoms with van der Waals surface area (Å²) < 4.78 is 49.1. The maximum Gasteiger partial charge on any atom is 0.416 e. The highest BCUT2D eigenvalue weighted by Crippen LogP contribution is 2.37. The summed E-state index contributed by atoms with van der Waals surface area (Å²) in [5, 5.41) is 9.52. The van der Waals surface area contributed by atoms with Crippen molar-refractivity contribution in [2.24, 2.45) is 0 Å². The molecular weight excluding hydrogens is 475 g/mol. The highest BCUT2D eigenvalue weighted by atomic mass is 32.2. The van der Waals surface area contributed by atoms with Crippen LogP contribution in [-0.4, -0.2) is 29.8 Å². The summed E-state index contributed by atoms with van der Waals surface area (Å²) >= 11 is 3.03. The zero-order valence-electron chi connectivity index (χ0n) is 18.2. The molecule has 0 aliphatic heterocycles. The van der Waals surface area contributed by atoms with Crippen molar-refractivity contribution in [1.82, 2.24) is 4.98 Å². The number of methoxy groups -OCH3 is 1. The van der Waals surface area contributed by atoms with Gasteiger partial charge in [0.2, 0.25) is 0 Å². The number of hydrogen-bond acceptors (Lipinski definition) is 6. The van der Waals surface area contributed by atoms with E-state index in [4.69, 9.17) is 14.6 Å². The molecule has 0 bridgehead atoms. The molecule has 0 saturated carbocycles. The molecule has 1 N–H and O–H groups in total. The summed E-state index contributed by atoms with van der Waals surface area (Å²) in [5.74, 6) is 0.0633. The fraction of sp³-hybridized carbons (Fsp3) is 0.304. The molecule has 0 saturated heterocycles. The van der Waals surface area contributed by atoms with Crippen molar-refractivity contribution in [2.45, 2.75) is 37.3 Å². The number of hydrogen-bond donors (Lipinski definition) is 1. The molecule has 176 valence electrons. The molecular formula is C23H22F3NO4S2. The van der Waals surface area contributed by atoms with Gasteiger partial charge >= 0.3 is 12.1 Å². The Balaban J connectivity index is 1.77. The van der Waals surface area contributed by atoms with Gasteiger partial charge in [0, 0.05) is 28.2 Å². The number of benzene rings is 2. The zero-order valence-corrected chi connectivity index (χ0v) is 19.8. The molecule has 0 aliphatic carbocycles. The quantitative estimate of drug-likeness (QED) is 0.348. The Morgan fingerprint density at radius 2 is 1.88 bits per heavy atom. The standard InChI is InChI=1S/C23H22F3NO4S2/c1-13-8-19(16(10-30-3)9-18(13)31-11-21(28)29)32-12-20-14(2)27-22(33-20)15-4-6-17(7-5-15)23(24,25)26/h4-9H,10-12H2,1-3H3,(H,28,29). The van der Waals surface area contributed by atoms with Gasteiger partial charge in [-0.05, 0) is 49.2 Å². The number of carboxylic acid groups (broad SMARTS) is 1. The lowest BCUT2D eigenvalue weighted by Gasteiger charge is -2.14. The molecule has 2 aromatic carbocycles. The summed E-state index contributed by atoms with van der Waals surface area (Å²) in [5.41, 5.74) is 2.47. The number of aromatic nitrogens is 1. The minimum Gasteiger partial charge on any atom is -0.482 e. The second-order valence-corrected chi connectivity index (χ2v) is 9.33. The Morgan fingerprint density at radius 1 is 1.18 bits per heavy atom. The van der Waals surface area contributed by atoms with Gasteiger partial charge in [-0.3, -0.25) is 0 Å². The van der Waals surface area contributed by atoms with Gasteiger partial charge in [0.25, 0.3) is 0 Å². The van der Waals surface area contributed by atoms with E-state index in [2.05, 4.69) is 4.98 Å². The first-order chi connectivity index (χ1) is 15.6. The van der Waals surface area contributed by atoms with Gasteiger partial charge in [0.15, 0.2) is 6.61 Å². The average molecular weight is 498 g/mol. The topological polar surface area (TPSA) is 68.7 Å². The second-order valence-electron chi connectivity index (χ2n) is 7.23. The number of halogens is 3. The predicted molar refractivity (Wildman–Crippen MR) is 122 cm³/mol. The van der Waals surface area contributed by atoms with Crippen LogP contribution in [0, 0.1) is 13.8 Å². The lowest BCUT2D eigenvalue weighted by atomic mass is 10.1. The SMILES string of the molecule is COCc1cc(OCC(=O)O)c(C)cc1SCc1sc(-c2ccc(C(F)(F)F)cc2)nc1C. The van der Waals surface area contributed by atoms with Crippen LogP contribution in [-0.2, 0) is 28.1 Å². The number of aliphatic carboxylic acids is 1. The third kappa shape index (κ3) is 6.49. The van der Waals surface area contributed by atoms with Gasteiger partial charge in [-0.2, -0.15) is 13.2 Å². The van der Waals surface area contributed by atoms with Crippen LogP contribution in [0.2, 0.25) is 0 Å². The molecule has 0 spiro atoms. The largest absolute Gasteiger partial charge is 0.482 e. The molecule has 0 fully saturated rings. The number of alkyl halides is 3. The Kier molecular flexibility index (Phi) is 8.04. The van der Waals surface area contributed by atoms with Crippen LogP contribution in [0.15, 0.2) is 41.3 Å². The average Bonchev–Trinajstić information content (AvgIpc) is 3.12. The lowest BCUT2D eigenvalue weighted by molar-refractivity contribution is -0.139. The number of nitrogens with zero attached hydrogens (tertiary/aromatic N) is 1. The third-order valence-corrected chi connectivity index (χ3v) is 7.23. The maximum atomic E-state index is 12.8. The number of thioether (sulfide) groups is 1. The summed E-state index contributed by atoms with van der Waals surface area (Å²) in [6, 6.07) is 8.73. The highest BCUT2D eigenvalue weighted by molar-refractivity contribution is 7.98. The molecule has 0 aliphatic rings. The number of thiazole rings is 1. The Morgan fingerprint density at radius 3 is 2.48 bits per heavy atom. The van der Waals surface area contributed by atoms with Gasteiger partial charge in [0.05, 0.1) is 17.9 Å². The number of carbonyl (C=O) groups is 1. The van der Waals surface area contributed by atoms with Crippen molar-refractivity contribution in [1.29, 1.82) is 0 Å². The van der Waals surface area contributed by atoms with E-state index in [9.17, 15) is 18.0 Å². The van der Waals surface area contributed by atoms with Crippen molar-refractivity contribution in [3.63, 3.8) is 0 Å². The molecule has 1 heterocycles. The first kappa shape index (κ1) is 25.1. The van der Waals surface area contributed by atoms with Crippen LogP contribution in [0.5, 0.6) is 5.75 Å². The second kappa shape index (κ2) is 10.6.